The Hall–Kier alpha value is -2.19. The molecule has 0 heterocycles. The predicted octanol–water partition coefficient (Wildman–Crippen LogP) is 1.77. The van der Waals surface area contributed by atoms with Gasteiger partial charge in [0.1, 0.15) is 0 Å². The summed E-state index contributed by atoms with van der Waals surface area (Å²) in [5, 5.41) is 2.53. The molecular weight excluding hydrogens is 332 g/mol. The zero-order valence-corrected chi connectivity index (χ0v) is 15.2. The van der Waals surface area contributed by atoms with Gasteiger partial charge in [0.05, 0.1) is 4.90 Å². The zero-order valence-electron chi connectivity index (χ0n) is 14.4. The molecule has 0 saturated heterocycles. The summed E-state index contributed by atoms with van der Waals surface area (Å²) in [6.07, 6.45) is 0.274. The predicted molar refractivity (Wildman–Crippen MR) is 90.9 cm³/mol. The topological polar surface area (TPSA) is 92.8 Å². The summed E-state index contributed by atoms with van der Waals surface area (Å²) in [4.78, 5) is 23.6. The quantitative estimate of drug-likeness (QED) is 0.621. The van der Waals surface area contributed by atoms with Crippen molar-refractivity contribution in [3.63, 3.8) is 0 Å². The van der Waals surface area contributed by atoms with Crippen molar-refractivity contribution in [2.75, 3.05) is 19.4 Å². The van der Waals surface area contributed by atoms with Crippen LogP contribution in [-0.4, -0.2) is 44.8 Å². The lowest BCUT2D eigenvalue weighted by atomic mass is 10.3. The van der Waals surface area contributed by atoms with E-state index < -0.39 is 28.0 Å². The maximum Gasteiger partial charge on any atom is 0.331 e. The van der Waals surface area contributed by atoms with Gasteiger partial charge in [0.25, 0.3) is 5.91 Å². The molecule has 1 N–H and O–H groups in total. The van der Waals surface area contributed by atoms with E-state index in [2.05, 4.69) is 5.32 Å². The fourth-order valence-electron chi connectivity index (χ4n) is 1.69. The van der Waals surface area contributed by atoms with Crippen molar-refractivity contribution in [2.45, 2.75) is 31.8 Å². The molecule has 24 heavy (non-hydrogen) atoms. The maximum absolute atomic E-state index is 12.1. The molecule has 0 spiro atoms. The van der Waals surface area contributed by atoms with Crippen molar-refractivity contribution in [3.05, 3.63) is 35.9 Å². The van der Waals surface area contributed by atoms with Crippen molar-refractivity contribution < 1.29 is 22.7 Å². The molecule has 0 radical (unpaired) electrons. The summed E-state index contributed by atoms with van der Waals surface area (Å²) < 4.78 is 30.2. The number of hydrogen-bond donors (Lipinski definition) is 1. The number of hydrogen-bond acceptors (Lipinski definition) is 5. The van der Waals surface area contributed by atoms with Gasteiger partial charge in [-0.3, -0.25) is 4.79 Å². The Morgan fingerprint density at radius 1 is 1.25 bits per heavy atom. The summed E-state index contributed by atoms with van der Waals surface area (Å²) in [6, 6.07) is 5.85. The first-order chi connectivity index (χ1) is 11.0. The van der Waals surface area contributed by atoms with Crippen LogP contribution < -0.4 is 5.32 Å². The fraction of sp³-hybridized carbons (Fsp3) is 0.375. The molecular formula is C16H22N2O5S. The lowest BCUT2D eigenvalue weighted by Gasteiger charge is -2.14. The molecule has 0 aromatic heterocycles. The van der Waals surface area contributed by atoms with Gasteiger partial charge in [-0.25, -0.2) is 17.5 Å². The Balaban J connectivity index is 2.85. The van der Waals surface area contributed by atoms with E-state index in [9.17, 15) is 18.0 Å². The molecule has 1 aromatic rings. The number of amides is 1. The molecule has 0 bridgehead atoms. The van der Waals surface area contributed by atoms with Crippen molar-refractivity contribution in [1.29, 1.82) is 0 Å². The standard InChI is InChI=1S/C16H22N2O5S/c1-11(2)9-15(19)23-12(3)16(20)17-13-7-6-8-14(10-13)24(21,22)18(4)5/h6-10,12H,1-5H3,(H,17,20)/t12-/m0/s1. The third kappa shape index (κ3) is 5.47. The third-order valence-corrected chi connectivity index (χ3v) is 4.76. The Morgan fingerprint density at radius 3 is 2.42 bits per heavy atom. The van der Waals surface area contributed by atoms with E-state index in [0.717, 1.165) is 9.88 Å². The van der Waals surface area contributed by atoms with Gasteiger partial charge < -0.3 is 10.1 Å². The van der Waals surface area contributed by atoms with E-state index in [1.165, 1.54) is 45.3 Å². The third-order valence-electron chi connectivity index (χ3n) is 2.95. The van der Waals surface area contributed by atoms with Crippen LogP contribution in [0.3, 0.4) is 0 Å². The number of ether oxygens (including phenoxy) is 1. The van der Waals surface area contributed by atoms with Crippen molar-refractivity contribution in [1.82, 2.24) is 4.31 Å². The highest BCUT2D eigenvalue weighted by molar-refractivity contribution is 7.89. The van der Waals surface area contributed by atoms with Gasteiger partial charge in [-0.1, -0.05) is 11.6 Å². The summed E-state index contributed by atoms with van der Waals surface area (Å²) in [6.45, 7) is 4.91. The molecule has 0 unspecified atom stereocenters. The largest absolute Gasteiger partial charge is 0.449 e. The van der Waals surface area contributed by atoms with Crippen LogP contribution >= 0.6 is 0 Å². The monoisotopic (exact) mass is 354 g/mol. The number of carbonyl (C=O) groups is 2. The second-order valence-electron chi connectivity index (χ2n) is 5.61. The van der Waals surface area contributed by atoms with Crippen LogP contribution in [0.4, 0.5) is 5.69 Å². The van der Waals surface area contributed by atoms with Gasteiger partial charge in [0.2, 0.25) is 10.0 Å². The van der Waals surface area contributed by atoms with Crippen molar-refractivity contribution in [2.24, 2.45) is 0 Å². The summed E-state index contributed by atoms with van der Waals surface area (Å²) in [5.74, 6) is -1.16. The number of nitrogens with zero attached hydrogens (tertiary/aromatic N) is 1. The Bertz CT molecular complexity index is 749. The molecule has 0 aliphatic heterocycles. The Labute approximate surface area is 142 Å². The second kappa shape index (κ2) is 8.07. The molecule has 0 saturated carbocycles. The number of nitrogens with one attached hydrogen (secondary N) is 1. The lowest BCUT2D eigenvalue weighted by Crippen LogP contribution is -2.29. The molecule has 1 aromatic carbocycles. The molecule has 7 nitrogen and oxygen atoms in total. The van der Waals surface area contributed by atoms with Crippen molar-refractivity contribution in [3.8, 4) is 0 Å². The average Bonchev–Trinajstić information content (AvgIpc) is 2.46. The minimum absolute atomic E-state index is 0.0551. The summed E-state index contributed by atoms with van der Waals surface area (Å²) in [5.41, 5.74) is 1.06. The molecule has 0 aliphatic rings. The molecule has 0 fully saturated rings. The van der Waals surface area contributed by atoms with Gasteiger partial charge in [0.15, 0.2) is 6.10 Å². The van der Waals surface area contributed by atoms with Crippen LogP contribution in [0.5, 0.6) is 0 Å². The van der Waals surface area contributed by atoms with Crippen LogP contribution in [0.15, 0.2) is 40.8 Å². The summed E-state index contributed by atoms with van der Waals surface area (Å²) >= 11 is 0. The second-order valence-corrected chi connectivity index (χ2v) is 7.76. The van der Waals surface area contributed by atoms with Crippen molar-refractivity contribution >= 4 is 27.6 Å². The van der Waals surface area contributed by atoms with E-state index in [1.807, 2.05) is 0 Å². The maximum atomic E-state index is 12.1. The summed E-state index contributed by atoms with van der Waals surface area (Å²) in [7, 11) is -0.755. The molecule has 0 aliphatic carbocycles. The number of benzene rings is 1. The fourth-order valence-corrected chi connectivity index (χ4v) is 2.63. The van der Waals surface area contributed by atoms with Crippen LogP contribution in [0.2, 0.25) is 0 Å². The Kier molecular flexibility index (Phi) is 6.68. The highest BCUT2D eigenvalue weighted by Crippen LogP contribution is 2.18. The highest BCUT2D eigenvalue weighted by atomic mass is 32.2. The van der Waals surface area contributed by atoms with Gasteiger partial charge in [0, 0.05) is 25.9 Å². The van der Waals surface area contributed by atoms with E-state index in [-0.39, 0.29) is 4.90 Å². The van der Waals surface area contributed by atoms with E-state index >= 15 is 0 Å². The van der Waals surface area contributed by atoms with E-state index in [4.69, 9.17) is 4.74 Å². The van der Waals surface area contributed by atoms with Gasteiger partial charge >= 0.3 is 5.97 Å². The van der Waals surface area contributed by atoms with Crippen LogP contribution in [-0.2, 0) is 24.3 Å². The van der Waals surface area contributed by atoms with Gasteiger partial charge in [-0.05, 0) is 39.0 Å². The molecule has 8 heteroatoms. The normalized spacial score (nSPS) is 12.4. The minimum atomic E-state index is -3.60. The molecule has 1 rings (SSSR count). The number of anilines is 1. The number of sulfonamides is 1. The van der Waals surface area contributed by atoms with Crippen LogP contribution in [0.1, 0.15) is 20.8 Å². The SMILES string of the molecule is CC(C)=CC(=O)O[C@@H](C)C(=O)Nc1cccc(S(=O)(=O)N(C)C)c1. The first-order valence-electron chi connectivity index (χ1n) is 7.23. The van der Waals surface area contributed by atoms with Gasteiger partial charge in [-0.2, -0.15) is 0 Å². The first-order valence-corrected chi connectivity index (χ1v) is 8.67. The van der Waals surface area contributed by atoms with E-state index in [0.29, 0.717) is 5.69 Å². The Morgan fingerprint density at radius 2 is 1.88 bits per heavy atom. The average molecular weight is 354 g/mol. The van der Waals surface area contributed by atoms with E-state index in [1.54, 1.807) is 19.9 Å². The lowest BCUT2D eigenvalue weighted by molar-refractivity contribution is -0.148. The zero-order chi connectivity index (χ0) is 18.5. The molecule has 132 valence electrons. The highest BCUT2D eigenvalue weighted by Gasteiger charge is 2.20. The molecule has 1 atom stereocenters. The van der Waals surface area contributed by atoms with Crippen LogP contribution in [0, 0.1) is 0 Å². The number of esters is 1. The number of allylic oxidation sites excluding steroid dienone is 1. The smallest absolute Gasteiger partial charge is 0.331 e. The van der Waals surface area contributed by atoms with Gasteiger partial charge in [-0.15, -0.1) is 0 Å². The minimum Gasteiger partial charge on any atom is -0.449 e. The first kappa shape index (κ1) is 19.9. The van der Waals surface area contributed by atoms with Crippen LogP contribution in [0.25, 0.3) is 0 Å². The number of carbonyl (C=O) groups excluding carboxylic acids is 2. The molecule has 1 amide bonds. The number of rotatable bonds is 6.